The lowest BCUT2D eigenvalue weighted by molar-refractivity contribution is 1.07. The molecule has 92 heavy (non-hydrogen) atoms. The summed E-state index contributed by atoms with van der Waals surface area (Å²) in [5.41, 5.74) is 17.8. The molecule has 0 unspecified atom stereocenters. The molecule has 430 valence electrons. The fourth-order valence-electron chi connectivity index (χ4n) is 12.7. The third-order valence-electron chi connectivity index (χ3n) is 17.1. The summed E-state index contributed by atoms with van der Waals surface area (Å²) in [6.07, 6.45) is 0. The van der Waals surface area contributed by atoms with E-state index in [0.717, 1.165) is 117 Å². The van der Waals surface area contributed by atoms with Gasteiger partial charge < -0.3 is 9.13 Å². The lowest BCUT2D eigenvalue weighted by atomic mass is 9.97. The lowest BCUT2D eigenvalue weighted by Gasteiger charge is -2.20. The minimum absolute atomic E-state index is 0.545. The standard InChI is InChI=1S/C82H52N10/c1-7-25-53(26-8-1)68-52-69(84-76(83-68)54-27-9-2-10-28-54)59-43-46-65(64-39-21-24-42-72(64)91-70-40-22-19-37-62(70)63-38-20-23-41-71(63)91)75(51-59)92-73-47-44-60(81-87-77(55-29-11-3-12-30-55)85-78(88-81)56-31-13-4-14-32-56)49-66(73)67-50-61(45-48-74(67)92)82-89-79(57-33-15-5-16-34-57)86-80(90-82)58-35-17-6-18-36-58/h1-52H. The van der Waals surface area contributed by atoms with Crippen LogP contribution in [0.4, 0.5) is 0 Å². The molecule has 10 heteroatoms. The van der Waals surface area contributed by atoms with Crippen molar-refractivity contribution in [2.75, 3.05) is 0 Å². The summed E-state index contributed by atoms with van der Waals surface area (Å²) in [6.45, 7) is 0. The number of nitrogens with zero attached hydrogens (tertiary/aromatic N) is 10. The van der Waals surface area contributed by atoms with Gasteiger partial charge in [-0.05, 0) is 66.7 Å². The zero-order valence-electron chi connectivity index (χ0n) is 49.5. The zero-order valence-corrected chi connectivity index (χ0v) is 49.5. The lowest BCUT2D eigenvalue weighted by Crippen LogP contribution is -2.03. The number of para-hydroxylation sites is 3. The molecule has 0 aliphatic heterocycles. The second kappa shape index (κ2) is 22.8. The maximum absolute atomic E-state index is 5.42. The van der Waals surface area contributed by atoms with Crippen LogP contribution in [0.5, 0.6) is 0 Å². The van der Waals surface area contributed by atoms with Gasteiger partial charge in [0.05, 0.1) is 44.8 Å². The average molecular weight is 1180 g/mol. The molecule has 0 N–H and O–H groups in total. The van der Waals surface area contributed by atoms with Crippen molar-refractivity contribution < 1.29 is 0 Å². The van der Waals surface area contributed by atoms with Gasteiger partial charge in [0, 0.05) is 82.7 Å². The van der Waals surface area contributed by atoms with Crippen molar-refractivity contribution in [3.8, 4) is 125 Å². The first-order chi connectivity index (χ1) is 45.6. The molecule has 0 bridgehead atoms. The Hall–Kier alpha value is -12.7. The van der Waals surface area contributed by atoms with E-state index in [1.165, 1.54) is 10.8 Å². The molecule has 0 radical (unpaired) electrons. The summed E-state index contributed by atoms with van der Waals surface area (Å²) in [6, 6.07) is 109. The van der Waals surface area contributed by atoms with E-state index < -0.39 is 0 Å². The van der Waals surface area contributed by atoms with E-state index in [2.05, 4.69) is 179 Å². The van der Waals surface area contributed by atoms with Crippen LogP contribution in [-0.4, -0.2) is 49.0 Å². The third kappa shape index (κ3) is 9.72. The monoisotopic (exact) mass is 1180 g/mol. The van der Waals surface area contributed by atoms with E-state index in [1.807, 2.05) is 146 Å². The number of hydrogen-bond acceptors (Lipinski definition) is 8. The van der Waals surface area contributed by atoms with E-state index >= 15 is 0 Å². The predicted octanol–water partition coefficient (Wildman–Crippen LogP) is 19.7. The highest BCUT2D eigenvalue weighted by atomic mass is 15.1. The fraction of sp³-hybridized carbons (Fsp3) is 0. The van der Waals surface area contributed by atoms with Gasteiger partial charge in [-0.15, -0.1) is 0 Å². The van der Waals surface area contributed by atoms with Crippen molar-refractivity contribution in [2.45, 2.75) is 0 Å². The van der Waals surface area contributed by atoms with E-state index in [9.17, 15) is 0 Å². The maximum atomic E-state index is 5.42. The molecule has 0 atom stereocenters. The van der Waals surface area contributed by atoms with E-state index in [0.29, 0.717) is 40.8 Å². The normalized spacial score (nSPS) is 11.5. The summed E-state index contributed by atoms with van der Waals surface area (Å²) in [4.78, 5) is 41.8. The van der Waals surface area contributed by atoms with E-state index in [4.69, 9.17) is 39.9 Å². The van der Waals surface area contributed by atoms with Gasteiger partial charge in [-0.25, -0.2) is 39.9 Å². The Balaban J connectivity index is 0.955. The van der Waals surface area contributed by atoms with Crippen LogP contribution < -0.4 is 0 Å². The quantitative estimate of drug-likeness (QED) is 0.119. The van der Waals surface area contributed by atoms with Crippen molar-refractivity contribution >= 4 is 43.6 Å². The average Bonchev–Trinajstić information content (AvgIpc) is 1.65. The largest absolute Gasteiger partial charge is 0.309 e. The predicted molar refractivity (Wildman–Crippen MR) is 372 cm³/mol. The topological polar surface area (TPSA) is 113 Å². The van der Waals surface area contributed by atoms with Crippen molar-refractivity contribution in [3.63, 3.8) is 0 Å². The molecule has 0 aliphatic carbocycles. The Morgan fingerprint density at radius 1 is 0.174 bits per heavy atom. The van der Waals surface area contributed by atoms with Gasteiger partial charge in [-0.2, -0.15) is 0 Å². The molecule has 0 spiro atoms. The molecule has 17 rings (SSSR count). The van der Waals surface area contributed by atoms with Crippen LogP contribution in [0.1, 0.15) is 0 Å². The first-order valence-corrected chi connectivity index (χ1v) is 30.7. The van der Waals surface area contributed by atoms with Gasteiger partial charge in [-0.1, -0.05) is 249 Å². The molecule has 5 aromatic heterocycles. The Bertz CT molecular complexity index is 5210. The molecular weight excluding hydrogens is 1120 g/mol. The number of rotatable bonds is 12. The molecule has 17 aromatic rings. The number of benzene rings is 12. The van der Waals surface area contributed by atoms with Crippen LogP contribution in [0.25, 0.3) is 168 Å². The van der Waals surface area contributed by atoms with Crippen LogP contribution in [0, 0.1) is 0 Å². The smallest absolute Gasteiger partial charge is 0.164 e. The Labute approximate surface area is 529 Å². The third-order valence-corrected chi connectivity index (χ3v) is 17.1. The van der Waals surface area contributed by atoms with Gasteiger partial charge >= 0.3 is 0 Å². The SMILES string of the molecule is c1ccc(-c2cc(-c3ccc(-c4ccccc4-n4c5ccccc5c5ccccc54)c(-n4c5ccc(-c6nc(-c7ccccc7)nc(-c7ccccc7)n6)cc5c5cc(-c6nc(-c7ccccc7)nc(-c7ccccc7)n6)ccc54)c3)nc(-c3ccccc3)n2)cc1. The van der Waals surface area contributed by atoms with Crippen LogP contribution in [0.2, 0.25) is 0 Å². The van der Waals surface area contributed by atoms with Crippen LogP contribution in [0.15, 0.2) is 315 Å². The maximum Gasteiger partial charge on any atom is 0.164 e. The van der Waals surface area contributed by atoms with Gasteiger partial charge in [0.25, 0.3) is 0 Å². The van der Waals surface area contributed by atoms with Crippen LogP contribution in [0.3, 0.4) is 0 Å². The first kappa shape index (κ1) is 53.6. The summed E-state index contributed by atoms with van der Waals surface area (Å²) in [5, 5.41) is 4.30. The van der Waals surface area contributed by atoms with Crippen molar-refractivity contribution in [1.82, 2.24) is 49.0 Å². The molecule has 12 aromatic carbocycles. The zero-order chi connectivity index (χ0) is 60.9. The van der Waals surface area contributed by atoms with Crippen molar-refractivity contribution in [2.24, 2.45) is 0 Å². The summed E-state index contributed by atoms with van der Waals surface area (Å²) in [7, 11) is 0. The van der Waals surface area contributed by atoms with Gasteiger partial charge in [0.15, 0.2) is 40.8 Å². The molecule has 0 fully saturated rings. The van der Waals surface area contributed by atoms with Gasteiger partial charge in [0.2, 0.25) is 0 Å². The summed E-state index contributed by atoms with van der Waals surface area (Å²) >= 11 is 0. The summed E-state index contributed by atoms with van der Waals surface area (Å²) < 4.78 is 4.82. The summed E-state index contributed by atoms with van der Waals surface area (Å²) in [5.74, 6) is 4.05. The second-order valence-electron chi connectivity index (χ2n) is 22.7. The van der Waals surface area contributed by atoms with E-state index in [-0.39, 0.29) is 0 Å². The molecule has 0 aliphatic rings. The van der Waals surface area contributed by atoms with E-state index in [1.54, 1.807) is 0 Å². The Morgan fingerprint density at radius 2 is 0.478 bits per heavy atom. The van der Waals surface area contributed by atoms with Crippen LogP contribution in [-0.2, 0) is 0 Å². The van der Waals surface area contributed by atoms with Gasteiger partial charge in [-0.3, -0.25) is 0 Å². The highest BCUT2D eigenvalue weighted by Gasteiger charge is 2.24. The highest BCUT2D eigenvalue weighted by Crippen LogP contribution is 2.44. The minimum atomic E-state index is 0.545. The minimum Gasteiger partial charge on any atom is -0.309 e. The first-order valence-electron chi connectivity index (χ1n) is 30.7. The number of hydrogen-bond donors (Lipinski definition) is 0. The molecular formula is C82H52N10. The molecule has 10 nitrogen and oxygen atoms in total. The molecule has 5 heterocycles. The van der Waals surface area contributed by atoms with Crippen molar-refractivity contribution in [1.29, 1.82) is 0 Å². The van der Waals surface area contributed by atoms with Crippen LogP contribution >= 0.6 is 0 Å². The Morgan fingerprint density at radius 3 is 0.913 bits per heavy atom. The Kier molecular flexibility index (Phi) is 13.3. The van der Waals surface area contributed by atoms with Gasteiger partial charge in [0.1, 0.15) is 0 Å². The molecule has 0 saturated carbocycles. The highest BCUT2D eigenvalue weighted by molar-refractivity contribution is 6.13. The van der Waals surface area contributed by atoms with Crippen molar-refractivity contribution in [3.05, 3.63) is 315 Å². The molecule has 0 amide bonds. The number of aromatic nitrogens is 10. The molecule has 0 saturated heterocycles. The fourth-order valence-corrected chi connectivity index (χ4v) is 12.7. The second-order valence-corrected chi connectivity index (χ2v) is 22.7. The number of fused-ring (bicyclic) bond motifs is 6.